The third kappa shape index (κ3) is 4.68. The largest absolute Gasteiger partial charge is 0.493 e. The van der Waals surface area contributed by atoms with Crippen molar-refractivity contribution in [2.45, 2.75) is 26.5 Å². The second-order valence-corrected chi connectivity index (χ2v) is 5.55. The molecule has 4 nitrogen and oxygen atoms in total. The van der Waals surface area contributed by atoms with Gasteiger partial charge < -0.3 is 14.4 Å². The van der Waals surface area contributed by atoms with Gasteiger partial charge in [0.25, 0.3) is 5.91 Å². The van der Waals surface area contributed by atoms with Gasteiger partial charge in [0.15, 0.2) is 11.5 Å². The minimum Gasteiger partial charge on any atom is -0.493 e. The van der Waals surface area contributed by atoms with E-state index in [2.05, 4.69) is 11.7 Å². The lowest BCUT2D eigenvalue weighted by Crippen LogP contribution is -2.27. The summed E-state index contributed by atoms with van der Waals surface area (Å²) in [5, 5.41) is 0. The molecule has 2 aromatic rings. The highest BCUT2D eigenvalue weighted by molar-refractivity contribution is 5.97. The van der Waals surface area contributed by atoms with Crippen molar-refractivity contribution in [1.82, 2.24) is 4.90 Å². The molecule has 0 aliphatic rings. The number of carbonyl (C=O) groups excluding carboxylic acids is 1. The summed E-state index contributed by atoms with van der Waals surface area (Å²) in [6, 6.07) is 12.4. The number of nitrogens with zero attached hydrogens (tertiary/aromatic N) is 1. The number of rotatable bonds is 7. The molecule has 0 aromatic heterocycles. The number of halogens is 2. The molecule has 0 N–H and O–H groups in total. The summed E-state index contributed by atoms with van der Waals surface area (Å²) in [5.74, 6) is -0.584. The fourth-order valence-electron chi connectivity index (χ4n) is 2.49. The topological polar surface area (TPSA) is 38.8 Å². The molecule has 0 aliphatic heterocycles. The number of aryl methyl sites for hydroxylation is 1. The van der Waals surface area contributed by atoms with E-state index in [1.54, 1.807) is 13.1 Å². The van der Waals surface area contributed by atoms with Crippen LogP contribution in [0.2, 0.25) is 0 Å². The second-order valence-electron chi connectivity index (χ2n) is 5.55. The fraction of sp³-hybridized carbons (Fsp3) is 0.316. The van der Waals surface area contributed by atoms with Crippen LogP contribution in [0.15, 0.2) is 42.5 Å². The Morgan fingerprint density at radius 2 is 1.76 bits per heavy atom. The summed E-state index contributed by atoms with van der Waals surface area (Å²) < 4.78 is 34.9. The minimum absolute atomic E-state index is 0.0346. The lowest BCUT2D eigenvalue weighted by molar-refractivity contribution is -0.0516. The van der Waals surface area contributed by atoms with Crippen molar-refractivity contribution in [2.75, 3.05) is 14.2 Å². The molecule has 0 heterocycles. The van der Waals surface area contributed by atoms with E-state index in [9.17, 15) is 13.6 Å². The first-order valence-electron chi connectivity index (χ1n) is 7.91. The number of para-hydroxylation sites is 1. The number of methoxy groups -OCH3 is 1. The Balaban J connectivity index is 2.23. The number of alkyl halides is 2. The van der Waals surface area contributed by atoms with E-state index < -0.39 is 12.5 Å². The summed E-state index contributed by atoms with van der Waals surface area (Å²) in [6.07, 6.45) is 0.938. The van der Waals surface area contributed by atoms with Crippen LogP contribution in [0.5, 0.6) is 11.5 Å². The molecule has 0 fully saturated rings. The van der Waals surface area contributed by atoms with Gasteiger partial charge in [0.1, 0.15) is 0 Å². The van der Waals surface area contributed by atoms with Crippen molar-refractivity contribution < 1.29 is 23.0 Å². The third-order valence-corrected chi connectivity index (χ3v) is 3.83. The van der Waals surface area contributed by atoms with Crippen LogP contribution >= 0.6 is 0 Å². The maximum atomic E-state index is 12.7. The van der Waals surface area contributed by atoms with Crippen LogP contribution in [0, 0.1) is 0 Å². The maximum Gasteiger partial charge on any atom is 0.387 e. The molecule has 2 rings (SSSR count). The summed E-state index contributed by atoms with van der Waals surface area (Å²) in [5.41, 5.74) is 2.19. The Morgan fingerprint density at radius 3 is 2.32 bits per heavy atom. The number of amides is 1. The second kappa shape index (κ2) is 8.46. The Kier molecular flexibility index (Phi) is 6.33. The molecule has 0 unspecified atom stereocenters. The zero-order chi connectivity index (χ0) is 18.4. The van der Waals surface area contributed by atoms with Crippen LogP contribution in [0.3, 0.4) is 0 Å². The van der Waals surface area contributed by atoms with Gasteiger partial charge in [-0.15, -0.1) is 0 Å². The highest BCUT2D eigenvalue weighted by atomic mass is 19.3. The molecule has 134 valence electrons. The zero-order valence-corrected chi connectivity index (χ0v) is 14.5. The first-order chi connectivity index (χ1) is 12.0. The van der Waals surface area contributed by atoms with Crippen LogP contribution < -0.4 is 9.47 Å². The first kappa shape index (κ1) is 18.7. The third-order valence-electron chi connectivity index (χ3n) is 3.83. The lowest BCUT2D eigenvalue weighted by Gasteiger charge is -2.20. The highest BCUT2D eigenvalue weighted by Gasteiger charge is 2.22. The van der Waals surface area contributed by atoms with Crippen molar-refractivity contribution in [1.29, 1.82) is 0 Å². The molecule has 0 radical (unpaired) electrons. The molecule has 0 saturated heterocycles. The molecular formula is C19H21F2NO3. The van der Waals surface area contributed by atoms with E-state index in [0.29, 0.717) is 6.54 Å². The van der Waals surface area contributed by atoms with Gasteiger partial charge in [-0.05, 0) is 29.7 Å². The SMILES string of the molecule is CCc1ccc(CN(C)C(=O)c2cccc(OC)c2OC(F)F)cc1. The van der Waals surface area contributed by atoms with Gasteiger partial charge in [-0.3, -0.25) is 4.79 Å². The van der Waals surface area contributed by atoms with E-state index in [-0.39, 0.29) is 17.1 Å². The van der Waals surface area contributed by atoms with Gasteiger partial charge in [-0.1, -0.05) is 37.3 Å². The summed E-state index contributed by atoms with van der Waals surface area (Å²) in [4.78, 5) is 14.1. The van der Waals surface area contributed by atoms with Gasteiger partial charge in [0.05, 0.1) is 12.7 Å². The highest BCUT2D eigenvalue weighted by Crippen LogP contribution is 2.33. The van der Waals surface area contributed by atoms with Crippen LogP contribution in [-0.4, -0.2) is 31.6 Å². The number of ether oxygens (including phenoxy) is 2. The monoisotopic (exact) mass is 349 g/mol. The average Bonchev–Trinajstić information content (AvgIpc) is 2.61. The van der Waals surface area contributed by atoms with Crippen molar-refractivity contribution in [3.05, 3.63) is 59.2 Å². The predicted molar refractivity (Wildman–Crippen MR) is 91.2 cm³/mol. The molecule has 1 amide bonds. The quantitative estimate of drug-likeness (QED) is 0.754. The van der Waals surface area contributed by atoms with E-state index in [1.165, 1.54) is 29.7 Å². The number of hydrogen-bond acceptors (Lipinski definition) is 3. The van der Waals surface area contributed by atoms with E-state index in [0.717, 1.165) is 12.0 Å². The van der Waals surface area contributed by atoms with Gasteiger partial charge in [0.2, 0.25) is 0 Å². The van der Waals surface area contributed by atoms with Gasteiger partial charge >= 0.3 is 6.61 Å². The van der Waals surface area contributed by atoms with Crippen LogP contribution in [0.4, 0.5) is 8.78 Å². The van der Waals surface area contributed by atoms with Crippen molar-refractivity contribution >= 4 is 5.91 Å². The van der Waals surface area contributed by atoms with Crippen molar-refractivity contribution in [2.24, 2.45) is 0 Å². The molecule has 0 spiro atoms. The van der Waals surface area contributed by atoms with Crippen LogP contribution in [-0.2, 0) is 13.0 Å². The fourth-order valence-corrected chi connectivity index (χ4v) is 2.49. The molecule has 6 heteroatoms. The minimum atomic E-state index is -3.05. The smallest absolute Gasteiger partial charge is 0.387 e. The molecule has 0 bridgehead atoms. The van der Waals surface area contributed by atoms with Crippen LogP contribution in [0.25, 0.3) is 0 Å². The number of hydrogen-bond donors (Lipinski definition) is 0. The van der Waals surface area contributed by atoms with Gasteiger partial charge in [-0.2, -0.15) is 8.78 Å². The summed E-state index contributed by atoms with van der Waals surface area (Å²) in [6.45, 7) is -0.624. The zero-order valence-electron chi connectivity index (χ0n) is 14.5. The van der Waals surface area contributed by atoms with Crippen molar-refractivity contribution in [3.8, 4) is 11.5 Å². The van der Waals surface area contributed by atoms with Crippen LogP contribution in [0.1, 0.15) is 28.4 Å². The Labute approximate surface area is 146 Å². The normalized spacial score (nSPS) is 10.6. The maximum absolute atomic E-state index is 12.7. The number of benzene rings is 2. The molecule has 0 saturated carbocycles. The van der Waals surface area contributed by atoms with Gasteiger partial charge in [-0.25, -0.2) is 0 Å². The molecule has 0 atom stereocenters. The van der Waals surface area contributed by atoms with Crippen molar-refractivity contribution in [3.63, 3.8) is 0 Å². The van der Waals surface area contributed by atoms with E-state index in [4.69, 9.17) is 4.74 Å². The standard InChI is InChI=1S/C19H21F2NO3/c1-4-13-8-10-14(11-9-13)12-22(2)18(23)15-6-5-7-16(24-3)17(15)25-19(20)21/h5-11,19H,4,12H2,1-3H3. The lowest BCUT2D eigenvalue weighted by atomic mass is 10.1. The average molecular weight is 349 g/mol. The predicted octanol–water partition coefficient (Wildman–Crippen LogP) is 4.13. The first-order valence-corrected chi connectivity index (χ1v) is 7.91. The Hall–Kier alpha value is -2.63. The molecule has 2 aromatic carbocycles. The number of carbonyl (C=O) groups is 1. The molecular weight excluding hydrogens is 328 g/mol. The Morgan fingerprint density at radius 1 is 1.12 bits per heavy atom. The van der Waals surface area contributed by atoms with Gasteiger partial charge in [0, 0.05) is 13.6 Å². The summed E-state index contributed by atoms with van der Waals surface area (Å²) in [7, 11) is 2.95. The van der Waals surface area contributed by atoms with E-state index in [1.807, 2.05) is 24.3 Å². The Bertz CT molecular complexity index is 717. The van der Waals surface area contributed by atoms with E-state index >= 15 is 0 Å². The molecule has 25 heavy (non-hydrogen) atoms. The molecule has 0 aliphatic carbocycles. The summed E-state index contributed by atoms with van der Waals surface area (Å²) >= 11 is 0.